The smallest absolute Gasteiger partial charge is 0.226 e. The Morgan fingerprint density at radius 2 is 2.03 bits per heavy atom. The number of methoxy groups -OCH3 is 2. The lowest BCUT2D eigenvalue weighted by Crippen LogP contribution is -2.02. The zero-order valence-electron chi connectivity index (χ0n) is 18.2. The van der Waals surface area contributed by atoms with Crippen molar-refractivity contribution in [2.24, 2.45) is 0 Å². The van der Waals surface area contributed by atoms with Crippen molar-refractivity contribution in [3.63, 3.8) is 0 Å². The minimum absolute atomic E-state index is 0.317. The molecule has 0 aliphatic heterocycles. The van der Waals surface area contributed by atoms with E-state index in [4.69, 9.17) is 13.9 Å². The summed E-state index contributed by atoms with van der Waals surface area (Å²) in [6, 6.07) is 5.59. The molecule has 0 saturated heterocycles. The Bertz CT molecular complexity index is 887. The first-order chi connectivity index (χ1) is 14.6. The first-order valence-electron chi connectivity index (χ1n) is 10.6. The number of Topliss-reactive ketones (excluding diaryl/α,β-unsaturated/α-hetero) is 1. The number of carbonyl (C=O) groups is 1. The lowest BCUT2D eigenvalue weighted by Gasteiger charge is -2.11. The maximum atomic E-state index is 12.2. The molecule has 0 radical (unpaired) electrons. The van der Waals surface area contributed by atoms with Crippen molar-refractivity contribution in [3.05, 3.63) is 41.3 Å². The number of allylic oxidation sites excluding steroid dienone is 2. The fraction of sp³-hybridized carbons (Fsp3) is 0.500. The lowest BCUT2D eigenvalue weighted by atomic mass is 9.95. The third kappa shape index (κ3) is 6.14. The number of carbonyl (C=O) groups excluding carboxylic acids is 1. The first kappa shape index (κ1) is 22.5. The number of thioether (sulfide) groups is 1. The Hall–Kier alpha value is -2.21. The molecule has 1 aliphatic rings. The van der Waals surface area contributed by atoms with Crippen molar-refractivity contribution in [1.82, 2.24) is 4.98 Å². The number of oxazole rings is 1. The number of hydrogen-bond acceptors (Lipinski definition) is 6. The summed E-state index contributed by atoms with van der Waals surface area (Å²) >= 11 is 1.61. The summed E-state index contributed by atoms with van der Waals surface area (Å²) in [7, 11) is 3.21. The van der Waals surface area contributed by atoms with E-state index < -0.39 is 0 Å². The van der Waals surface area contributed by atoms with Crippen LogP contribution in [0.4, 0.5) is 0 Å². The van der Waals surface area contributed by atoms with Crippen LogP contribution >= 0.6 is 11.8 Å². The predicted octanol–water partition coefficient (Wildman–Crippen LogP) is 6.14. The first-order valence-corrected chi connectivity index (χ1v) is 11.7. The molecule has 0 unspecified atom stereocenters. The highest BCUT2D eigenvalue weighted by molar-refractivity contribution is 7.99. The quantitative estimate of drug-likeness (QED) is 0.400. The molecular weight excluding hydrogens is 398 g/mol. The van der Waals surface area contributed by atoms with E-state index in [2.05, 4.69) is 11.1 Å². The summed E-state index contributed by atoms with van der Waals surface area (Å²) in [6.45, 7) is 1.91. The summed E-state index contributed by atoms with van der Waals surface area (Å²) in [4.78, 5) is 16.8. The van der Waals surface area contributed by atoms with E-state index in [1.54, 1.807) is 31.6 Å². The van der Waals surface area contributed by atoms with Crippen LogP contribution in [-0.2, 0) is 10.5 Å². The van der Waals surface area contributed by atoms with Crippen LogP contribution in [0.2, 0.25) is 0 Å². The SMILES string of the molecule is COc1ccc(-c2nc(CSCC(=O)CCCC3=CCCCC3)c(C)o2)cc1OC. The number of ketones is 1. The van der Waals surface area contributed by atoms with E-state index in [0.29, 0.717) is 41.1 Å². The third-order valence-electron chi connectivity index (χ3n) is 5.36. The Labute approximate surface area is 183 Å². The summed E-state index contributed by atoms with van der Waals surface area (Å²) in [6.07, 6.45) is 10.1. The van der Waals surface area contributed by atoms with Gasteiger partial charge in [0.05, 0.1) is 25.7 Å². The molecule has 30 heavy (non-hydrogen) atoms. The number of aryl methyl sites for hydroxylation is 1. The van der Waals surface area contributed by atoms with Crippen LogP contribution in [0.1, 0.15) is 56.4 Å². The molecule has 162 valence electrons. The molecule has 1 aliphatic carbocycles. The normalized spacial score (nSPS) is 13.8. The Morgan fingerprint density at radius 3 is 2.77 bits per heavy atom. The van der Waals surface area contributed by atoms with Gasteiger partial charge in [0, 0.05) is 17.7 Å². The molecule has 0 amide bonds. The minimum Gasteiger partial charge on any atom is -0.493 e. The highest BCUT2D eigenvalue weighted by Crippen LogP contribution is 2.33. The number of ether oxygens (including phenoxy) is 2. The van der Waals surface area contributed by atoms with Gasteiger partial charge in [0.1, 0.15) is 11.5 Å². The molecule has 6 heteroatoms. The standard InChI is InChI=1S/C24H31NO4S/c1-17-21(16-30-15-20(26)11-7-10-18-8-5-4-6-9-18)25-24(29-17)19-12-13-22(27-2)23(14-19)28-3/h8,12-14H,4-7,9-11,15-16H2,1-3H3. The molecule has 1 aromatic heterocycles. The van der Waals surface area contributed by atoms with Gasteiger partial charge in [0.2, 0.25) is 5.89 Å². The second-order valence-electron chi connectivity index (χ2n) is 7.58. The maximum absolute atomic E-state index is 12.2. The van der Waals surface area contributed by atoms with E-state index >= 15 is 0 Å². The monoisotopic (exact) mass is 429 g/mol. The van der Waals surface area contributed by atoms with Crippen LogP contribution in [0.3, 0.4) is 0 Å². The topological polar surface area (TPSA) is 61.6 Å². The zero-order valence-corrected chi connectivity index (χ0v) is 19.0. The van der Waals surface area contributed by atoms with Gasteiger partial charge in [-0.15, -0.1) is 11.8 Å². The van der Waals surface area contributed by atoms with Crippen LogP contribution in [0.5, 0.6) is 11.5 Å². The van der Waals surface area contributed by atoms with Crippen molar-refractivity contribution in [2.45, 2.75) is 57.6 Å². The lowest BCUT2D eigenvalue weighted by molar-refractivity contribution is -0.116. The highest BCUT2D eigenvalue weighted by atomic mass is 32.2. The Balaban J connectivity index is 1.47. The van der Waals surface area contributed by atoms with Gasteiger partial charge in [-0.1, -0.05) is 11.6 Å². The second kappa shape index (κ2) is 11.3. The predicted molar refractivity (Wildman–Crippen MR) is 121 cm³/mol. The number of aromatic nitrogens is 1. The molecule has 0 N–H and O–H groups in total. The molecule has 0 atom stereocenters. The molecule has 0 fully saturated rings. The van der Waals surface area contributed by atoms with Gasteiger partial charge in [0.25, 0.3) is 0 Å². The van der Waals surface area contributed by atoms with E-state index in [0.717, 1.165) is 29.9 Å². The van der Waals surface area contributed by atoms with Crippen LogP contribution < -0.4 is 9.47 Å². The summed E-state index contributed by atoms with van der Waals surface area (Å²) < 4.78 is 16.5. The van der Waals surface area contributed by atoms with Crippen molar-refractivity contribution in [2.75, 3.05) is 20.0 Å². The average Bonchev–Trinajstić information content (AvgIpc) is 3.14. The van der Waals surface area contributed by atoms with Gasteiger partial charge in [-0.05, 0) is 63.6 Å². The average molecular weight is 430 g/mol. The number of rotatable bonds is 11. The van der Waals surface area contributed by atoms with Gasteiger partial charge in [-0.25, -0.2) is 4.98 Å². The van der Waals surface area contributed by atoms with Crippen molar-refractivity contribution < 1.29 is 18.7 Å². The molecular formula is C24H31NO4S. The molecule has 1 aromatic carbocycles. The van der Waals surface area contributed by atoms with Crippen LogP contribution in [0.25, 0.3) is 11.5 Å². The van der Waals surface area contributed by atoms with Crippen molar-refractivity contribution in [1.29, 1.82) is 0 Å². The molecule has 3 rings (SSSR count). The van der Waals surface area contributed by atoms with Crippen LogP contribution in [0, 0.1) is 6.92 Å². The number of hydrogen-bond donors (Lipinski definition) is 0. The van der Waals surface area contributed by atoms with E-state index in [-0.39, 0.29) is 0 Å². The Kier molecular flexibility index (Phi) is 8.43. The molecule has 0 bridgehead atoms. The zero-order chi connectivity index (χ0) is 21.3. The van der Waals surface area contributed by atoms with Gasteiger partial charge in [-0.2, -0.15) is 0 Å². The highest BCUT2D eigenvalue weighted by Gasteiger charge is 2.15. The molecule has 2 aromatic rings. The van der Waals surface area contributed by atoms with Crippen molar-refractivity contribution >= 4 is 17.5 Å². The summed E-state index contributed by atoms with van der Waals surface area (Å²) in [5, 5.41) is 0. The molecule has 0 spiro atoms. The molecule has 1 heterocycles. The second-order valence-corrected chi connectivity index (χ2v) is 8.57. The third-order valence-corrected chi connectivity index (χ3v) is 6.37. The Morgan fingerprint density at radius 1 is 1.20 bits per heavy atom. The summed E-state index contributed by atoms with van der Waals surface area (Å²) in [5.41, 5.74) is 3.26. The maximum Gasteiger partial charge on any atom is 0.226 e. The number of nitrogens with zero attached hydrogens (tertiary/aromatic N) is 1. The molecule has 0 saturated carbocycles. The van der Waals surface area contributed by atoms with E-state index in [1.807, 2.05) is 25.1 Å². The van der Waals surface area contributed by atoms with E-state index in [9.17, 15) is 4.79 Å². The molecule has 5 nitrogen and oxygen atoms in total. The van der Waals surface area contributed by atoms with Gasteiger partial charge < -0.3 is 13.9 Å². The van der Waals surface area contributed by atoms with Gasteiger partial charge in [0.15, 0.2) is 11.5 Å². The fourth-order valence-corrected chi connectivity index (χ4v) is 4.57. The van der Waals surface area contributed by atoms with Crippen molar-refractivity contribution in [3.8, 4) is 23.0 Å². The van der Waals surface area contributed by atoms with Gasteiger partial charge >= 0.3 is 0 Å². The fourth-order valence-electron chi connectivity index (χ4n) is 3.63. The van der Waals surface area contributed by atoms with Crippen LogP contribution in [0.15, 0.2) is 34.3 Å². The summed E-state index contributed by atoms with van der Waals surface area (Å²) in [5.74, 6) is 4.14. The number of benzene rings is 1. The van der Waals surface area contributed by atoms with Crippen LogP contribution in [-0.4, -0.2) is 30.7 Å². The minimum atomic E-state index is 0.317. The largest absolute Gasteiger partial charge is 0.493 e. The van der Waals surface area contributed by atoms with Gasteiger partial charge in [-0.3, -0.25) is 4.79 Å². The van der Waals surface area contributed by atoms with E-state index in [1.165, 1.54) is 25.7 Å².